The van der Waals surface area contributed by atoms with Crippen LogP contribution in [0.5, 0.6) is 0 Å². The number of carboxylic acids is 1. The van der Waals surface area contributed by atoms with E-state index < -0.39 is 23.9 Å². The van der Waals surface area contributed by atoms with Crippen LogP contribution in [-0.2, 0) is 14.3 Å². The molecule has 0 radical (unpaired) electrons. The van der Waals surface area contributed by atoms with Gasteiger partial charge in [0.15, 0.2) is 0 Å². The number of carboxylic acid groups (broad SMARTS) is 1. The van der Waals surface area contributed by atoms with Crippen LogP contribution in [0.2, 0.25) is 5.02 Å². The number of nitrogens with zero attached hydrogens (tertiary/aromatic N) is 1. The van der Waals surface area contributed by atoms with Gasteiger partial charge in [0, 0.05) is 18.8 Å². The van der Waals surface area contributed by atoms with Gasteiger partial charge in [0.25, 0.3) is 5.91 Å². The van der Waals surface area contributed by atoms with Crippen molar-refractivity contribution >= 4 is 29.4 Å². The van der Waals surface area contributed by atoms with E-state index >= 15 is 0 Å². The number of esters is 1. The molecular weight excluding hydrogens is 288 g/mol. The van der Waals surface area contributed by atoms with Gasteiger partial charge in [0.1, 0.15) is 6.04 Å². The Bertz CT molecular complexity index is 520. The summed E-state index contributed by atoms with van der Waals surface area (Å²) in [4.78, 5) is 37.6. The van der Waals surface area contributed by atoms with Gasteiger partial charge in [-0.15, -0.1) is 0 Å². The van der Waals surface area contributed by atoms with Crippen molar-refractivity contribution in [3.8, 4) is 0 Å². The molecule has 108 valence electrons. The fourth-order valence-electron chi connectivity index (χ4n) is 1.40. The average molecular weight is 301 g/mol. The van der Waals surface area contributed by atoms with Crippen molar-refractivity contribution in [3.05, 3.63) is 29.0 Å². The fourth-order valence-corrected chi connectivity index (χ4v) is 1.59. The number of hydrogen-bond acceptors (Lipinski definition) is 5. The summed E-state index contributed by atoms with van der Waals surface area (Å²) in [7, 11) is 1.20. The summed E-state index contributed by atoms with van der Waals surface area (Å²) in [6.07, 6.45) is 2.45. The summed E-state index contributed by atoms with van der Waals surface area (Å²) >= 11 is 5.81. The summed E-state index contributed by atoms with van der Waals surface area (Å²) in [6.45, 7) is 0. The van der Waals surface area contributed by atoms with Crippen LogP contribution < -0.4 is 5.32 Å². The SMILES string of the molecule is COC(=O)CCC(NC(=O)c1cnccc1Cl)C(=O)O. The average Bonchev–Trinajstić information content (AvgIpc) is 2.42. The quantitative estimate of drug-likeness (QED) is 0.755. The van der Waals surface area contributed by atoms with Gasteiger partial charge >= 0.3 is 11.9 Å². The number of halogens is 1. The van der Waals surface area contributed by atoms with Gasteiger partial charge in [0.05, 0.1) is 17.7 Å². The van der Waals surface area contributed by atoms with E-state index in [4.69, 9.17) is 16.7 Å². The molecule has 0 bridgehead atoms. The molecule has 0 saturated carbocycles. The summed E-state index contributed by atoms with van der Waals surface area (Å²) in [5.74, 6) is -2.47. The lowest BCUT2D eigenvalue weighted by molar-refractivity contribution is -0.142. The molecule has 7 nitrogen and oxygen atoms in total. The van der Waals surface area contributed by atoms with Crippen LogP contribution in [0.15, 0.2) is 18.5 Å². The second kappa shape index (κ2) is 7.44. The zero-order chi connectivity index (χ0) is 15.1. The largest absolute Gasteiger partial charge is 0.480 e. The van der Waals surface area contributed by atoms with Crippen molar-refractivity contribution < 1.29 is 24.2 Å². The molecule has 1 atom stereocenters. The van der Waals surface area contributed by atoms with Crippen LogP contribution in [0, 0.1) is 0 Å². The van der Waals surface area contributed by atoms with Crippen molar-refractivity contribution in [1.29, 1.82) is 0 Å². The van der Waals surface area contributed by atoms with Crippen LogP contribution in [0.4, 0.5) is 0 Å². The molecule has 2 N–H and O–H groups in total. The van der Waals surface area contributed by atoms with Gasteiger partial charge in [-0.05, 0) is 12.5 Å². The number of carbonyl (C=O) groups excluding carboxylic acids is 2. The molecule has 0 aliphatic heterocycles. The molecule has 1 rings (SSSR count). The second-order valence-electron chi connectivity index (χ2n) is 3.83. The molecule has 1 heterocycles. The Balaban J connectivity index is 2.71. The van der Waals surface area contributed by atoms with Crippen molar-refractivity contribution in [2.45, 2.75) is 18.9 Å². The topological polar surface area (TPSA) is 106 Å². The van der Waals surface area contributed by atoms with E-state index in [1.54, 1.807) is 0 Å². The zero-order valence-corrected chi connectivity index (χ0v) is 11.4. The second-order valence-corrected chi connectivity index (χ2v) is 4.24. The minimum atomic E-state index is -1.25. The molecule has 0 saturated heterocycles. The molecule has 0 fully saturated rings. The summed E-state index contributed by atoms with van der Waals surface area (Å²) in [5, 5.41) is 11.5. The molecule has 1 amide bonds. The Kier molecular flexibility index (Phi) is 5.92. The van der Waals surface area contributed by atoms with Crippen LogP contribution in [0.25, 0.3) is 0 Å². The smallest absolute Gasteiger partial charge is 0.326 e. The first kappa shape index (κ1) is 15.9. The molecular formula is C12H13ClN2O5. The maximum atomic E-state index is 11.9. The molecule has 8 heteroatoms. The third-order valence-electron chi connectivity index (χ3n) is 2.48. The fraction of sp³-hybridized carbons (Fsp3) is 0.333. The summed E-state index contributed by atoms with van der Waals surface area (Å²) in [5.41, 5.74) is 0.0680. The maximum Gasteiger partial charge on any atom is 0.326 e. The Morgan fingerprint density at radius 3 is 2.75 bits per heavy atom. The van der Waals surface area contributed by atoms with E-state index in [9.17, 15) is 14.4 Å². The van der Waals surface area contributed by atoms with Gasteiger partial charge in [-0.3, -0.25) is 14.6 Å². The van der Waals surface area contributed by atoms with Gasteiger partial charge in [-0.25, -0.2) is 4.79 Å². The van der Waals surface area contributed by atoms with Crippen molar-refractivity contribution in [1.82, 2.24) is 10.3 Å². The lowest BCUT2D eigenvalue weighted by Crippen LogP contribution is -2.41. The number of rotatable bonds is 6. The number of nitrogens with one attached hydrogen (secondary N) is 1. The number of ether oxygens (including phenoxy) is 1. The first-order valence-electron chi connectivity index (χ1n) is 5.65. The maximum absolute atomic E-state index is 11.9. The van der Waals surface area contributed by atoms with Gasteiger partial charge < -0.3 is 15.2 Å². The third-order valence-corrected chi connectivity index (χ3v) is 2.81. The summed E-state index contributed by atoms with van der Waals surface area (Å²) < 4.78 is 4.41. The molecule has 0 aromatic carbocycles. The Morgan fingerprint density at radius 1 is 1.50 bits per heavy atom. The summed E-state index contributed by atoms with van der Waals surface area (Å²) in [6, 6.07) is 0.207. The first-order chi connectivity index (χ1) is 9.45. The van der Waals surface area contributed by atoms with Gasteiger partial charge in [-0.2, -0.15) is 0 Å². The number of carbonyl (C=O) groups is 3. The highest BCUT2D eigenvalue weighted by Crippen LogP contribution is 2.13. The molecule has 20 heavy (non-hydrogen) atoms. The Hall–Kier alpha value is -2.15. The normalized spacial score (nSPS) is 11.5. The van der Waals surface area contributed by atoms with Crippen LogP contribution in [0.3, 0.4) is 0 Å². The van der Waals surface area contributed by atoms with E-state index in [1.165, 1.54) is 25.6 Å². The molecule has 0 aliphatic carbocycles. The highest BCUT2D eigenvalue weighted by Gasteiger charge is 2.22. The van der Waals surface area contributed by atoms with Crippen LogP contribution >= 0.6 is 11.6 Å². The monoisotopic (exact) mass is 300 g/mol. The number of hydrogen-bond donors (Lipinski definition) is 2. The standard InChI is InChI=1S/C12H13ClN2O5/c1-20-10(16)3-2-9(12(18)19)15-11(17)7-6-14-5-4-8(7)13/h4-6,9H,2-3H2,1H3,(H,15,17)(H,18,19). The third kappa shape index (κ3) is 4.51. The number of aliphatic carboxylic acids is 1. The van der Waals surface area contributed by atoms with E-state index in [2.05, 4.69) is 15.0 Å². The highest BCUT2D eigenvalue weighted by atomic mass is 35.5. The lowest BCUT2D eigenvalue weighted by atomic mass is 10.1. The lowest BCUT2D eigenvalue weighted by Gasteiger charge is -2.14. The molecule has 1 unspecified atom stereocenters. The molecule has 1 aromatic heterocycles. The predicted molar refractivity (Wildman–Crippen MR) is 69.4 cm³/mol. The first-order valence-corrected chi connectivity index (χ1v) is 6.03. The number of pyridine rings is 1. The minimum Gasteiger partial charge on any atom is -0.480 e. The van der Waals surface area contributed by atoms with Crippen LogP contribution in [-0.4, -0.2) is 41.1 Å². The Morgan fingerprint density at radius 2 is 2.20 bits per heavy atom. The van der Waals surface area contributed by atoms with Crippen molar-refractivity contribution in [3.63, 3.8) is 0 Å². The van der Waals surface area contributed by atoms with Crippen LogP contribution in [0.1, 0.15) is 23.2 Å². The van der Waals surface area contributed by atoms with Crippen molar-refractivity contribution in [2.75, 3.05) is 7.11 Å². The predicted octanol–water partition coefficient (Wildman–Crippen LogP) is 0.871. The molecule has 0 aliphatic rings. The number of aromatic nitrogens is 1. The van der Waals surface area contributed by atoms with Crippen molar-refractivity contribution in [2.24, 2.45) is 0 Å². The van der Waals surface area contributed by atoms with Gasteiger partial charge in [-0.1, -0.05) is 11.6 Å². The van der Waals surface area contributed by atoms with E-state index in [0.717, 1.165) is 0 Å². The van der Waals surface area contributed by atoms with E-state index in [-0.39, 0.29) is 23.4 Å². The molecule has 0 spiro atoms. The van der Waals surface area contributed by atoms with E-state index in [1.807, 2.05) is 0 Å². The minimum absolute atomic E-state index is 0.0680. The zero-order valence-electron chi connectivity index (χ0n) is 10.6. The highest BCUT2D eigenvalue weighted by molar-refractivity contribution is 6.33. The number of amides is 1. The molecule has 1 aromatic rings. The van der Waals surface area contributed by atoms with E-state index in [0.29, 0.717) is 0 Å². The number of methoxy groups -OCH3 is 1. The Labute approximate surface area is 119 Å². The van der Waals surface area contributed by atoms with Gasteiger partial charge in [0.2, 0.25) is 0 Å².